The van der Waals surface area contributed by atoms with E-state index < -0.39 is 0 Å². The van der Waals surface area contributed by atoms with Gasteiger partial charge in [-0.3, -0.25) is 4.98 Å². The molecule has 1 aromatic carbocycles. The van der Waals surface area contributed by atoms with Crippen LogP contribution in [0.25, 0.3) is 10.9 Å². The van der Waals surface area contributed by atoms with E-state index in [-0.39, 0.29) is 0 Å². The second-order valence-corrected chi connectivity index (χ2v) is 3.37. The van der Waals surface area contributed by atoms with Gasteiger partial charge < -0.3 is 0 Å². The average Bonchev–Trinajstić information content (AvgIpc) is 3.00. The molecule has 0 N–H and O–H groups in total. The summed E-state index contributed by atoms with van der Waals surface area (Å²) in [5.74, 6) is 0.575. The molecule has 62 valence electrons. The Labute approximate surface area is 76.7 Å². The fraction of sp³-hybridized carbons (Fsp3) is 0.0833. The van der Waals surface area contributed by atoms with Crippen molar-refractivity contribution in [1.29, 1.82) is 0 Å². The zero-order chi connectivity index (χ0) is 8.67. The van der Waals surface area contributed by atoms with E-state index in [1.54, 1.807) is 0 Å². The fourth-order valence-electron chi connectivity index (χ4n) is 1.57. The number of rotatable bonds is 1. The molecule has 1 heterocycles. The summed E-state index contributed by atoms with van der Waals surface area (Å²) in [5.41, 5.74) is 2.44. The van der Waals surface area contributed by atoms with Gasteiger partial charge in [-0.05, 0) is 17.7 Å². The van der Waals surface area contributed by atoms with Crippen LogP contribution in [0.5, 0.6) is 0 Å². The summed E-state index contributed by atoms with van der Waals surface area (Å²) in [4.78, 5) is 4.32. The zero-order valence-electron chi connectivity index (χ0n) is 7.14. The Kier molecular flexibility index (Phi) is 1.28. The molecule has 1 heteroatoms. The fourth-order valence-corrected chi connectivity index (χ4v) is 1.57. The van der Waals surface area contributed by atoms with Crippen LogP contribution in [0, 0.1) is 0 Å². The molecule has 0 unspecified atom stereocenters. The quantitative estimate of drug-likeness (QED) is 0.595. The van der Waals surface area contributed by atoms with Crippen molar-refractivity contribution in [2.24, 2.45) is 0 Å². The number of fused-ring (bicyclic) bond motifs is 1. The van der Waals surface area contributed by atoms with Gasteiger partial charge in [-0.15, -0.1) is 0 Å². The van der Waals surface area contributed by atoms with Crippen molar-refractivity contribution in [3.63, 3.8) is 0 Å². The van der Waals surface area contributed by atoms with Crippen LogP contribution in [-0.4, -0.2) is 4.98 Å². The van der Waals surface area contributed by atoms with Gasteiger partial charge in [0.25, 0.3) is 0 Å². The van der Waals surface area contributed by atoms with Crippen molar-refractivity contribution in [2.75, 3.05) is 0 Å². The molecule has 3 rings (SSSR count). The second-order valence-electron chi connectivity index (χ2n) is 3.37. The lowest BCUT2D eigenvalue weighted by Crippen LogP contribution is -1.82. The summed E-state index contributed by atoms with van der Waals surface area (Å²) in [6.45, 7) is 0. The van der Waals surface area contributed by atoms with Gasteiger partial charge in [-0.1, -0.05) is 30.4 Å². The van der Waals surface area contributed by atoms with E-state index in [9.17, 15) is 0 Å². The lowest BCUT2D eigenvalue weighted by atomic mass is 10.1. The third-order valence-corrected chi connectivity index (χ3v) is 2.40. The Morgan fingerprint density at radius 1 is 1.08 bits per heavy atom. The number of allylic oxidation sites excluding steroid dienone is 2. The Morgan fingerprint density at radius 2 is 2.00 bits per heavy atom. The van der Waals surface area contributed by atoms with E-state index in [1.807, 2.05) is 12.3 Å². The van der Waals surface area contributed by atoms with Crippen LogP contribution in [0.15, 0.2) is 48.7 Å². The molecule has 0 amide bonds. The number of aromatic nitrogens is 1. The number of benzene rings is 1. The minimum atomic E-state index is 0.575. The Morgan fingerprint density at radius 3 is 2.85 bits per heavy atom. The van der Waals surface area contributed by atoms with Crippen molar-refractivity contribution in [3.05, 3.63) is 54.2 Å². The first-order valence-electron chi connectivity index (χ1n) is 4.46. The molecule has 0 spiro atoms. The first-order valence-corrected chi connectivity index (χ1v) is 4.46. The molecule has 0 bridgehead atoms. The van der Waals surface area contributed by atoms with Gasteiger partial charge in [0.15, 0.2) is 0 Å². The molecular formula is C12H9N. The molecule has 1 aliphatic rings. The van der Waals surface area contributed by atoms with Gasteiger partial charge in [-0.25, -0.2) is 0 Å². The van der Waals surface area contributed by atoms with E-state index in [0.717, 1.165) is 5.52 Å². The summed E-state index contributed by atoms with van der Waals surface area (Å²) in [6, 6.07) is 10.5. The summed E-state index contributed by atoms with van der Waals surface area (Å²) >= 11 is 0. The Hall–Kier alpha value is -1.63. The van der Waals surface area contributed by atoms with Crippen LogP contribution < -0.4 is 0 Å². The van der Waals surface area contributed by atoms with Gasteiger partial charge >= 0.3 is 0 Å². The molecular weight excluding hydrogens is 158 g/mol. The molecule has 1 aliphatic carbocycles. The van der Waals surface area contributed by atoms with Crippen molar-refractivity contribution in [2.45, 2.75) is 5.92 Å². The maximum absolute atomic E-state index is 4.32. The van der Waals surface area contributed by atoms with Gasteiger partial charge in [0.05, 0.1) is 5.52 Å². The highest BCUT2D eigenvalue weighted by Gasteiger charge is 2.13. The highest BCUT2D eigenvalue weighted by atomic mass is 14.6. The molecule has 0 atom stereocenters. The third kappa shape index (κ3) is 1.13. The van der Waals surface area contributed by atoms with Crippen LogP contribution in [0.2, 0.25) is 0 Å². The SMILES string of the molecule is C1=CC1c1ccc2cccnc2c1. The maximum Gasteiger partial charge on any atom is 0.0705 e. The monoisotopic (exact) mass is 167 g/mol. The molecule has 0 fully saturated rings. The number of hydrogen-bond donors (Lipinski definition) is 0. The Balaban J connectivity index is 2.21. The predicted octanol–water partition coefficient (Wildman–Crippen LogP) is 2.89. The smallest absolute Gasteiger partial charge is 0.0705 e. The van der Waals surface area contributed by atoms with Crippen LogP contribution in [0.4, 0.5) is 0 Å². The topological polar surface area (TPSA) is 12.9 Å². The van der Waals surface area contributed by atoms with E-state index in [2.05, 4.69) is 41.4 Å². The highest BCUT2D eigenvalue weighted by Crippen LogP contribution is 2.30. The van der Waals surface area contributed by atoms with E-state index in [0.29, 0.717) is 5.92 Å². The molecule has 2 aromatic rings. The lowest BCUT2D eigenvalue weighted by Gasteiger charge is -2.00. The first kappa shape index (κ1) is 6.84. The van der Waals surface area contributed by atoms with Gasteiger partial charge in [0.2, 0.25) is 0 Å². The van der Waals surface area contributed by atoms with Crippen molar-refractivity contribution < 1.29 is 0 Å². The highest BCUT2D eigenvalue weighted by molar-refractivity contribution is 5.79. The molecule has 0 saturated heterocycles. The van der Waals surface area contributed by atoms with Crippen LogP contribution in [-0.2, 0) is 0 Å². The van der Waals surface area contributed by atoms with Crippen LogP contribution >= 0.6 is 0 Å². The molecule has 1 aromatic heterocycles. The molecule has 0 radical (unpaired) electrons. The maximum atomic E-state index is 4.32. The minimum absolute atomic E-state index is 0.575. The number of nitrogens with zero attached hydrogens (tertiary/aromatic N) is 1. The second kappa shape index (κ2) is 2.43. The number of pyridine rings is 1. The molecule has 0 saturated carbocycles. The van der Waals surface area contributed by atoms with Crippen LogP contribution in [0.3, 0.4) is 0 Å². The summed E-state index contributed by atoms with van der Waals surface area (Å²) in [6.07, 6.45) is 6.24. The number of hydrogen-bond acceptors (Lipinski definition) is 1. The normalized spacial score (nSPS) is 15.1. The summed E-state index contributed by atoms with van der Waals surface area (Å²) in [5, 5.41) is 1.21. The zero-order valence-corrected chi connectivity index (χ0v) is 7.14. The first-order chi connectivity index (χ1) is 6.43. The summed E-state index contributed by atoms with van der Waals surface area (Å²) in [7, 11) is 0. The molecule has 13 heavy (non-hydrogen) atoms. The average molecular weight is 167 g/mol. The molecule has 1 nitrogen and oxygen atoms in total. The minimum Gasteiger partial charge on any atom is -0.256 e. The predicted molar refractivity (Wildman–Crippen MR) is 53.6 cm³/mol. The summed E-state index contributed by atoms with van der Waals surface area (Å²) < 4.78 is 0. The van der Waals surface area contributed by atoms with E-state index >= 15 is 0 Å². The Bertz CT molecular complexity index is 479. The van der Waals surface area contributed by atoms with Crippen molar-refractivity contribution >= 4 is 10.9 Å². The van der Waals surface area contributed by atoms with E-state index in [1.165, 1.54) is 10.9 Å². The van der Waals surface area contributed by atoms with Gasteiger partial charge in [-0.2, -0.15) is 0 Å². The van der Waals surface area contributed by atoms with Crippen LogP contribution in [0.1, 0.15) is 11.5 Å². The third-order valence-electron chi connectivity index (χ3n) is 2.40. The molecule has 0 aliphatic heterocycles. The van der Waals surface area contributed by atoms with Gasteiger partial charge in [0, 0.05) is 17.5 Å². The van der Waals surface area contributed by atoms with E-state index in [4.69, 9.17) is 0 Å². The van der Waals surface area contributed by atoms with Gasteiger partial charge in [0.1, 0.15) is 0 Å². The standard InChI is InChI=1S/C12H9N/c1-2-10-5-6-11(9-3-4-9)8-12(10)13-7-1/h1-9H. The lowest BCUT2D eigenvalue weighted by molar-refractivity contribution is 1.24. The van der Waals surface area contributed by atoms with Crippen molar-refractivity contribution in [1.82, 2.24) is 4.98 Å². The largest absolute Gasteiger partial charge is 0.256 e. The van der Waals surface area contributed by atoms with Crippen molar-refractivity contribution in [3.8, 4) is 0 Å².